The van der Waals surface area contributed by atoms with E-state index in [-0.39, 0.29) is 12.4 Å². The number of ether oxygens (including phenoxy) is 1. The SMILES string of the molecule is Cc1nn(-c2ccccc2)c(C)c1/C=C/C(=O)OCC(=O)c1c(N)n(Cc2ccccc2)c(=O)n(C)c1=O. The molecule has 4 rings (SSSR count). The van der Waals surface area contributed by atoms with Crippen molar-refractivity contribution in [3.63, 3.8) is 0 Å². The van der Waals surface area contributed by atoms with Crippen molar-refractivity contribution in [3.05, 3.63) is 116 Å². The summed E-state index contributed by atoms with van der Waals surface area (Å²) in [5, 5.41) is 4.53. The number of ketones is 1. The highest BCUT2D eigenvalue weighted by molar-refractivity contribution is 6.02. The number of carbonyl (C=O) groups is 2. The Bertz CT molecular complexity index is 1650. The second kappa shape index (κ2) is 11.0. The van der Waals surface area contributed by atoms with Gasteiger partial charge in [0.25, 0.3) is 5.56 Å². The minimum Gasteiger partial charge on any atom is -0.454 e. The molecule has 2 N–H and O–H groups in total. The summed E-state index contributed by atoms with van der Waals surface area (Å²) < 4.78 is 8.82. The second-order valence-electron chi connectivity index (χ2n) is 8.67. The molecular weight excluding hydrogens is 486 g/mol. The van der Waals surface area contributed by atoms with Gasteiger partial charge in [0.1, 0.15) is 11.4 Å². The molecule has 0 saturated carbocycles. The van der Waals surface area contributed by atoms with Gasteiger partial charge >= 0.3 is 11.7 Å². The zero-order valence-electron chi connectivity index (χ0n) is 21.2. The third-order valence-electron chi connectivity index (χ3n) is 6.13. The van der Waals surface area contributed by atoms with Crippen LogP contribution in [0, 0.1) is 13.8 Å². The first-order chi connectivity index (χ1) is 18.2. The molecule has 38 heavy (non-hydrogen) atoms. The van der Waals surface area contributed by atoms with Crippen LogP contribution in [0.5, 0.6) is 0 Å². The minimum absolute atomic E-state index is 0.0673. The number of nitrogen functional groups attached to an aromatic ring is 1. The van der Waals surface area contributed by atoms with E-state index in [9.17, 15) is 19.2 Å². The number of esters is 1. The lowest BCUT2D eigenvalue weighted by atomic mass is 10.1. The van der Waals surface area contributed by atoms with Crippen LogP contribution < -0.4 is 17.0 Å². The predicted molar refractivity (Wildman–Crippen MR) is 143 cm³/mol. The zero-order valence-corrected chi connectivity index (χ0v) is 21.2. The van der Waals surface area contributed by atoms with E-state index in [1.165, 1.54) is 13.1 Å². The molecule has 4 aromatic rings. The highest BCUT2D eigenvalue weighted by atomic mass is 16.5. The van der Waals surface area contributed by atoms with E-state index in [1.54, 1.807) is 35.0 Å². The molecule has 0 aliphatic rings. The lowest BCUT2D eigenvalue weighted by molar-refractivity contribution is -0.136. The van der Waals surface area contributed by atoms with E-state index in [2.05, 4.69) is 5.10 Å². The molecule has 0 unspecified atom stereocenters. The molecule has 2 aromatic carbocycles. The highest BCUT2D eigenvalue weighted by Crippen LogP contribution is 2.19. The summed E-state index contributed by atoms with van der Waals surface area (Å²) in [7, 11) is 1.26. The van der Waals surface area contributed by atoms with Gasteiger partial charge in [-0.05, 0) is 37.6 Å². The van der Waals surface area contributed by atoms with E-state index in [4.69, 9.17) is 10.5 Å². The Morgan fingerprint density at radius 3 is 2.29 bits per heavy atom. The lowest BCUT2D eigenvalue weighted by Crippen LogP contribution is -2.43. The number of nitrogens with zero attached hydrogens (tertiary/aromatic N) is 4. The van der Waals surface area contributed by atoms with Crippen molar-refractivity contribution in [2.45, 2.75) is 20.4 Å². The summed E-state index contributed by atoms with van der Waals surface area (Å²) in [6.07, 6.45) is 2.76. The minimum atomic E-state index is -0.854. The van der Waals surface area contributed by atoms with Crippen LogP contribution in [0.1, 0.15) is 32.9 Å². The van der Waals surface area contributed by atoms with E-state index >= 15 is 0 Å². The highest BCUT2D eigenvalue weighted by Gasteiger charge is 2.22. The number of nitrogens with two attached hydrogens (primary N) is 1. The second-order valence-corrected chi connectivity index (χ2v) is 8.67. The maximum Gasteiger partial charge on any atom is 0.332 e. The Hall–Kier alpha value is -4.99. The molecule has 0 spiro atoms. The van der Waals surface area contributed by atoms with Gasteiger partial charge in [0.15, 0.2) is 6.61 Å². The van der Waals surface area contributed by atoms with E-state index in [1.807, 2.05) is 50.2 Å². The molecule has 10 nitrogen and oxygen atoms in total. The number of rotatable bonds is 8. The van der Waals surface area contributed by atoms with E-state index < -0.39 is 35.2 Å². The van der Waals surface area contributed by atoms with Crippen molar-refractivity contribution in [1.29, 1.82) is 0 Å². The summed E-state index contributed by atoms with van der Waals surface area (Å²) in [4.78, 5) is 50.6. The van der Waals surface area contributed by atoms with Crippen molar-refractivity contribution in [1.82, 2.24) is 18.9 Å². The van der Waals surface area contributed by atoms with Gasteiger partial charge in [-0.2, -0.15) is 5.10 Å². The zero-order chi connectivity index (χ0) is 27.4. The fourth-order valence-electron chi connectivity index (χ4n) is 4.09. The van der Waals surface area contributed by atoms with Crippen LogP contribution >= 0.6 is 0 Å². The number of benzene rings is 2. The average Bonchev–Trinajstić information content (AvgIpc) is 3.21. The van der Waals surface area contributed by atoms with Gasteiger partial charge in [0, 0.05) is 24.4 Å². The largest absolute Gasteiger partial charge is 0.454 e. The number of carbonyl (C=O) groups excluding carboxylic acids is 2. The molecule has 0 amide bonds. The summed E-state index contributed by atoms with van der Waals surface area (Å²) >= 11 is 0. The molecule has 0 aliphatic heterocycles. The van der Waals surface area contributed by atoms with Crippen molar-refractivity contribution in [3.8, 4) is 5.69 Å². The van der Waals surface area contributed by atoms with Gasteiger partial charge in [-0.3, -0.25) is 18.7 Å². The molecule has 10 heteroatoms. The monoisotopic (exact) mass is 513 g/mol. The first kappa shape index (κ1) is 26.1. The van der Waals surface area contributed by atoms with E-state index in [0.29, 0.717) is 5.69 Å². The number of hydrogen-bond donors (Lipinski definition) is 1. The third kappa shape index (κ3) is 5.24. The summed E-state index contributed by atoms with van der Waals surface area (Å²) in [6.45, 7) is 3.06. The smallest absolute Gasteiger partial charge is 0.332 e. The fraction of sp³-hybridized carbons (Fsp3) is 0.179. The van der Waals surface area contributed by atoms with Crippen molar-refractivity contribution >= 4 is 23.6 Å². The van der Waals surface area contributed by atoms with Crippen LogP contribution in [0.25, 0.3) is 11.8 Å². The van der Waals surface area contributed by atoms with Crippen LogP contribution in [0.3, 0.4) is 0 Å². The Balaban J connectivity index is 1.50. The average molecular weight is 514 g/mol. The first-order valence-electron chi connectivity index (χ1n) is 11.8. The maximum absolute atomic E-state index is 12.9. The van der Waals surface area contributed by atoms with Crippen LogP contribution in [0.15, 0.2) is 76.3 Å². The molecule has 0 atom stereocenters. The standard InChI is InChI=1S/C28H27N5O5/c1-18-22(19(2)33(30-18)21-12-8-5-9-13-21)14-15-24(35)38-17-23(34)25-26(29)32(28(37)31(3)27(25)36)16-20-10-6-4-7-11-20/h4-15H,16-17,29H2,1-3H3/b15-14+. The van der Waals surface area contributed by atoms with Gasteiger partial charge in [-0.15, -0.1) is 0 Å². The van der Waals surface area contributed by atoms with Crippen LogP contribution in [0.2, 0.25) is 0 Å². The van der Waals surface area contributed by atoms with Gasteiger partial charge in [-0.1, -0.05) is 48.5 Å². The Kier molecular flexibility index (Phi) is 7.52. The third-order valence-corrected chi connectivity index (χ3v) is 6.13. The summed E-state index contributed by atoms with van der Waals surface area (Å²) in [6, 6.07) is 18.6. The number of aromatic nitrogens is 4. The number of Topliss-reactive ketones (excluding diaryl/α,β-unsaturated/α-hetero) is 1. The number of aryl methyl sites for hydroxylation is 1. The number of hydrogen-bond acceptors (Lipinski definition) is 7. The Labute approximate surface area is 218 Å². The summed E-state index contributed by atoms with van der Waals surface area (Å²) in [5.74, 6) is -1.87. The van der Waals surface area contributed by atoms with Crippen LogP contribution in [0.4, 0.5) is 5.82 Å². The molecule has 0 radical (unpaired) electrons. The molecule has 0 saturated heterocycles. The maximum atomic E-state index is 12.9. The molecule has 2 aromatic heterocycles. The van der Waals surface area contributed by atoms with Crippen molar-refractivity contribution < 1.29 is 14.3 Å². The lowest BCUT2D eigenvalue weighted by Gasteiger charge is -2.14. The Morgan fingerprint density at radius 2 is 1.63 bits per heavy atom. The number of para-hydroxylation sites is 1. The van der Waals surface area contributed by atoms with Gasteiger partial charge < -0.3 is 10.5 Å². The fourth-order valence-corrected chi connectivity index (χ4v) is 4.09. The van der Waals surface area contributed by atoms with E-state index in [0.717, 1.165) is 31.6 Å². The topological polar surface area (TPSA) is 131 Å². The predicted octanol–water partition coefficient (Wildman–Crippen LogP) is 2.42. The molecule has 0 bridgehead atoms. The summed E-state index contributed by atoms with van der Waals surface area (Å²) in [5.41, 5.74) is 8.09. The number of anilines is 1. The van der Waals surface area contributed by atoms with Crippen LogP contribution in [-0.4, -0.2) is 37.3 Å². The van der Waals surface area contributed by atoms with Crippen LogP contribution in [-0.2, 0) is 23.1 Å². The first-order valence-corrected chi connectivity index (χ1v) is 11.8. The quantitative estimate of drug-likeness (QED) is 0.217. The van der Waals surface area contributed by atoms with Gasteiger partial charge in [0.2, 0.25) is 5.78 Å². The molecule has 2 heterocycles. The van der Waals surface area contributed by atoms with Crippen molar-refractivity contribution in [2.24, 2.45) is 7.05 Å². The molecule has 0 fully saturated rings. The molecule has 0 aliphatic carbocycles. The Morgan fingerprint density at radius 1 is 1.00 bits per heavy atom. The van der Waals surface area contributed by atoms with Gasteiger partial charge in [-0.25, -0.2) is 14.3 Å². The molecule has 194 valence electrons. The van der Waals surface area contributed by atoms with Crippen molar-refractivity contribution in [2.75, 3.05) is 12.3 Å². The normalized spacial score (nSPS) is 11.1. The molecular formula is C28H27N5O5. The van der Waals surface area contributed by atoms with Gasteiger partial charge in [0.05, 0.1) is 17.9 Å².